The van der Waals surface area contributed by atoms with Gasteiger partial charge in [0.05, 0.1) is 0 Å². The van der Waals surface area contributed by atoms with E-state index in [1.807, 2.05) is 30.3 Å². The molecule has 1 aliphatic heterocycles. The van der Waals surface area contributed by atoms with Gasteiger partial charge in [-0.2, -0.15) is 0 Å². The Morgan fingerprint density at radius 2 is 1.55 bits per heavy atom. The van der Waals surface area contributed by atoms with Gasteiger partial charge >= 0.3 is 212 Å². The van der Waals surface area contributed by atoms with Gasteiger partial charge in [-0.3, -0.25) is 0 Å². The van der Waals surface area contributed by atoms with Gasteiger partial charge < -0.3 is 0 Å². The van der Waals surface area contributed by atoms with Gasteiger partial charge in [-0.15, -0.1) is 0 Å². The molecule has 1 aromatic carbocycles. The molecule has 1 N–H and O–H groups in total. The summed E-state index contributed by atoms with van der Waals surface area (Å²) in [4.78, 5) is 47.7. The predicted molar refractivity (Wildman–Crippen MR) is 120 cm³/mol. The van der Waals surface area contributed by atoms with Crippen molar-refractivity contribution in [1.29, 1.82) is 0 Å². The molecular formula is C20H22Cl3NO8Se. The number of amides is 1. The van der Waals surface area contributed by atoms with Gasteiger partial charge in [0.15, 0.2) is 0 Å². The molecule has 13 heteroatoms. The molecule has 0 unspecified atom stereocenters. The van der Waals surface area contributed by atoms with Crippen molar-refractivity contribution in [2.24, 2.45) is 0 Å². The van der Waals surface area contributed by atoms with Crippen molar-refractivity contribution < 1.29 is 38.1 Å². The maximum absolute atomic E-state index is 12.5. The van der Waals surface area contributed by atoms with Crippen molar-refractivity contribution >= 4 is 78.0 Å². The van der Waals surface area contributed by atoms with E-state index in [4.69, 9.17) is 53.8 Å². The number of carbonyl (C=O) groups is 4. The standard InChI is InChI=1S/C20H22Cl3NO8Se/c1-10(25)29-9-14-16(30-11(2)26)17(31-12(3)27)15(24-19(28)20(21,22)23)18(32-14)33-13-7-5-4-6-8-13/h4-8,14-18H,9H2,1-3H3,(H,24,28)/t14-,15-,16-,17-,18+/m1/s1. The molecule has 0 radical (unpaired) electrons. The topological polar surface area (TPSA) is 117 Å². The summed E-state index contributed by atoms with van der Waals surface area (Å²) in [6.07, 6.45) is -3.42. The normalized spacial score (nSPS) is 25.0. The van der Waals surface area contributed by atoms with E-state index in [9.17, 15) is 19.2 Å². The summed E-state index contributed by atoms with van der Waals surface area (Å²) in [6, 6.07) is 8.17. The monoisotopic (exact) mass is 589 g/mol. The third-order valence-corrected chi connectivity index (χ3v) is 7.24. The van der Waals surface area contributed by atoms with E-state index < -0.39 is 71.9 Å². The van der Waals surface area contributed by atoms with Crippen LogP contribution in [0.15, 0.2) is 30.3 Å². The third kappa shape index (κ3) is 8.63. The van der Waals surface area contributed by atoms with Gasteiger partial charge in [0, 0.05) is 0 Å². The number of ether oxygens (including phenoxy) is 4. The summed E-state index contributed by atoms with van der Waals surface area (Å²) in [7, 11) is 0. The van der Waals surface area contributed by atoms with Crippen LogP contribution in [-0.4, -0.2) is 78.5 Å². The maximum atomic E-state index is 12.5. The molecule has 9 nitrogen and oxygen atoms in total. The second-order valence-corrected chi connectivity index (χ2v) is 11.7. The fourth-order valence-corrected chi connectivity index (χ4v) is 5.60. The van der Waals surface area contributed by atoms with E-state index >= 15 is 0 Å². The Morgan fingerprint density at radius 3 is 2.06 bits per heavy atom. The van der Waals surface area contributed by atoms with Crippen molar-refractivity contribution in [3.05, 3.63) is 30.3 Å². The van der Waals surface area contributed by atoms with Crippen LogP contribution in [0.2, 0.25) is 0 Å². The number of carbonyl (C=O) groups excluding carboxylic acids is 4. The zero-order chi connectivity index (χ0) is 24.8. The second-order valence-electron chi connectivity index (χ2n) is 6.92. The van der Waals surface area contributed by atoms with Gasteiger partial charge in [-0.05, 0) is 0 Å². The minimum atomic E-state index is -2.31. The van der Waals surface area contributed by atoms with Crippen LogP contribution in [-0.2, 0) is 38.1 Å². The fourth-order valence-electron chi connectivity index (χ4n) is 3.02. The summed E-state index contributed by atoms with van der Waals surface area (Å²) in [5.74, 6) is -2.97. The van der Waals surface area contributed by atoms with E-state index in [-0.39, 0.29) is 6.61 Å². The van der Waals surface area contributed by atoms with Gasteiger partial charge in [0.25, 0.3) is 0 Å². The summed E-state index contributed by atoms with van der Waals surface area (Å²) >= 11 is 16.7. The Bertz CT molecular complexity index is 867. The quantitative estimate of drug-likeness (QED) is 0.217. The molecule has 1 aliphatic rings. The van der Waals surface area contributed by atoms with Crippen LogP contribution in [0.25, 0.3) is 0 Å². The molecule has 0 spiro atoms. The molecule has 0 bridgehead atoms. The van der Waals surface area contributed by atoms with Crippen LogP contribution >= 0.6 is 34.8 Å². The van der Waals surface area contributed by atoms with E-state index in [0.29, 0.717) is 0 Å². The molecule has 0 aliphatic carbocycles. The van der Waals surface area contributed by atoms with Crippen molar-refractivity contribution in [2.45, 2.75) is 53.9 Å². The van der Waals surface area contributed by atoms with E-state index in [0.717, 1.165) is 18.3 Å². The number of benzene rings is 1. The van der Waals surface area contributed by atoms with Gasteiger partial charge in [0.2, 0.25) is 0 Å². The molecule has 5 atom stereocenters. The first kappa shape index (κ1) is 27.7. The molecule has 0 aromatic heterocycles. The Labute approximate surface area is 211 Å². The first-order chi connectivity index (χ1) is 15.4. The minimum absolute atomic E-state index is 0.280. The summed E-state index contributed by atoms with van der Waals surface area (Å²) in [6.45, 7) is 3.25. The fraction of sp³-hybridized carbons (Fsp3) is 0.500. The van der Waals surface area contributed by atoms with Crippen molar-refractivity contribution in [2.75, 3.05) is 6.61 Å². The molecule has 1 amide bonds. The van der Waals surface area contributed by atoms with Gasteiger partial charge in [0.1, 0.15) is 0 Å². The number of esters is 3. The summed E-state index contributed by atoms with van der Waals surface area (Å²) < 4.78 is 20.6. The Hall–Kier alpha value is -1.55. The number of alkyl halides is 3. The number of hydrogen-bond acceptors (Lipinski definition) is 8. The van der Waals surface area contributed by atoms with Crippen LogP contribution in [0.3, 0.4) is 0 Å². The molecule has 33 heavy (non-hydrogen) atoms. The Kier molecular flexibility index (Phi) is 10.3. The average molecular weight is 590 g/mol. The molecular weight excluding hydrogens is 568 g/mol. The first-order valence-corrected chi connectivity index (χ1v) is 12.6. The van der Waals surface area contributed by atoms with Crippen LogP contribution in [0.1, 0.15) is 20.8 Å². The van der Waals surface area contributed by atoms with Crippen LogP contribution < -0.4 is 9.78 Å². The number of hydrogen-bond donors (Lipinski definition) is 1. The number of halogens is 3. The first-order valence-electron chi connectivity index (χ1n) is 9.61. The molecule has 1 fully saturated rings. The van der Waals surface area contributed by atoms with Crippen molar-refractivity contribution in [1.82, 2.24) is 5.32 Å². The summed E-state index contributed by atoms with van der Waals surface area (Å²) in [5.41, 5.74) is 0. The molecule has 1 saturated heterocycles. The van der Waals surface area contributed by atoms with Crippen LogP contribution in [0.4, 0.5) is 0 Å². The molecule has 182 valence electrons. The Balaban J connectivity index is 2.49. The van der Waals surface area contributed by atoms with Gasteiger partial charge in [-0.1, -0.05) is 0 Å². The van der Waals surface area contributed by atoms with Crippen molar-refractivity contribution in [3.63, 3.8) is 0 Å². The molecule has 1 aromatic rings. The number of nitrogens with one attached hydrogen (secondary N) is 1. The average Bonchev–Trinajstić information content (AvgIpc) is 2.70. The van der Waals surface area contributed by atoms with E-state index in [1.165, 1.54) is 6.92 Å². The zero-order valence-electron chi connectivity index (χ0n) is 17.8. The number of rotatable bonds is 7. The van der Waals surface area contributed by atoms with Crippen LogP contribution in [0, 0.1) is 0 Å². The Morgan fingerprint density at radius 1 is 0.970 bits per heavy atom. The third-order valence-electron chi connectivity index (χ3n) is 4.25. The molecule has 2 rings (SSSR count). The summed E-state index contributed by atoms with van der Waals surface area (Å²) in [5, 5.41) is 1.78. The molecule has 0 saturated carbocycles. The predicted octanol–water partition coefficient (Wildman–Crippen LogP) is 1.02. The zero-order valence-corrected chi connectivity index (χ0v) is 21.8. The second kappa shape index (κ2) is 12.2. The van der Waals surface area contributed by atoms with Gasteiger partial charge in [-0.25, -0.2) is 0 Å². The van der Waals surface area contributed by atoms with Crippen LogP contribution in [0.5, 0.6) is 0 Å². The SMILES string of the molecule is CC(=O)OC[C@H]1O[C@@H]([Se]c2ccccc2)[C@H](NC(=O)C(Cl)(Cl)Cl)[C@@H](OC(C)=O)[C@@H]1OC(C)=O. The molecule has 1 heterocycles. The van der Waals surface area contributed by atoms with E-state index in [2.05, 4.69) is 5.32 Å². The van der Waals surface area contributed by atoms with E-state index in [1.54, 1.807) is 0 Å². The van der Waals surface area contributed by atoms with Crippen molar-refractivity contribution in [3.8, 4) is 0 Å².